The second kappa shape index (κ2) is 6.15. The van der Waals surface area contributed by atoms with Crippen molar-refractivity contribution >= 4 is 21.4 Å². The molecule has 8 heteroatoms. The van der Waals surface area contributed by atoms with Gasteiger partial charge in [0.25, 0.3) is 0 Å². The van der Waals surface area contributed by atoms with Crippen molar-refractivity contribution in [2.24, 2.45) is 7.05 Å². The third-order valence-corrected chi connectivity index (χ3v) is 4.51. The van der Waals surface area contributed by atoms with Crippen molar-refractivity contribution in [1.29, 1.82) is 0 Å². The summed E-state index contributed by atoms with van der Waals surface area (Å²) in [6.07, 6.45) is 4.46. The standard InChI is InChI=1S/C13H19N5O2S/c1-15-21(19,20)13-7-11(14)3-4-12(13)16-6-5-10-8-17-18(2)9-10/h3-4,7-9,15-16H,5-6,14H2,1-2H3. The Balaban J connectivity index is 2.13. The number of aromatic nitrogens is 2. The molecule has 0 saturated carbocycles. The third-order valence-electron chi connectivity index (χ3n) is 3.05. The molecule has 2 rings (SSSR count). The van der Waals surface area contributed by atoms with Crippen molar-refractivity contribution < 1.29 is 8.42 Å². The second-order valence-electron chi connectivity index (χ2n) is 4.66. The molecule has 0 spiro atoms. The lowest BCUT2D eigenvalue weighted by molar-refractivity contribution is 0.588. The number of rotatable bonds is 6. The first-order valence-electron chi connectivity index (χ1n) is 6.47. The number of benzene rings is 1. The van der Waals surface area contributed by atoms with Crippen LogP contribution in [0.4, 0.5) is 11.4 Å². The molecule has 2 aromatic rings. The van der Waals surface area contributed by atoms with Gasteiger partial charge in [0, 0.05) is 25.5 Å². The molecule has 1 aromatic carbocycles. The lowest BCUT2D eigenvalue weighted by Gasteiger charge is -2.12. The van der Waals surface area contributed by atoms with Crippen LogP contribution in [0, 0.1) is 0 Å². The number of nitrogens with one attached hydrogen (secondary N) is 2. The molecule has 0 fully saturated rings. The van der Waals surface area contributed by atoms with Gasteiger partial charge in [0.2, 0.25) is 10.0 Å². The second-order valence-corrected chi connectivity index (χ2v) is 6.52. The maximum Gasteiger partial charge on any atom is 0.242 e. The predicted molar refractivity (Wildman–Crippen MR) is 82.5 cm³/mol. The predicted octanol–water partition coefficient (Wildman–Crippen LogP) is 0.565. The summed E-state index contributed by atoms with van der Waals surface area (Å²) in [5.41, 5.74) is 7.69. The number of anilines is 2. The Kier molecular flexibility index (Phi) is 4.49. The first-order chi connectivity index (χ1) is 9.92. The molecule has 0 atom stereocenters. The molecule has 114 valence electrons. The highest BCUT2D eigenvalue weighted by atomic mass is 32.2. The van der Waals surface area contributed by atoms with Gasteiger partial charge in [0.05, 0.1) is 11.9 Å². The Morgan fingerprint density at radius 2 is 2.14 bits per heavy atom. The van der Waals surface area contributed by atoms with Crippen LogP contribution in [0.5, 0.6) is 0 Å². The van der Waals surface area contributed by atoms with Gasteiger partial charge in [-0.3, -0.25) is 4.68 Å². The SMILES string of the molecule is CNS(=O)(=O)c1cc(N)ccc1NCCc1cnn(C)c1. The van der Waals surface area contributed by atoms with Gasteiger partial charge in [-0.25, -0.2) is 13.1 Å². The van der Waals surface area contributed by atoms with E-state index in [1.54, 1.807) is 23.0 Å². The molecule has 4 N–H and O–H groups in total. The van der Waals surface area contributed by atoms with Gasteiger partial charge in [-0.05, 0) is 37.2 Å². The summed E-state index contributed by atoms with van der Waals surface area (Å²) >= 11 is 0. The van der Waals surface area contributed by atoms with Crippen LogP contribution in [-0.4, -0.2) is 31.8 Å². The Hall–Kier alpha value is -2.06. The number of aryl methyl sites for hydroxylation is 1. The molecule has 0 aliphatic rings. The maximum atomic E-state index is 12.0. The van der Waals surface area contributed by atoms with Crippen LogP contribution in [0.25, 0.3) is 0 Å². The summed E-state index contributed by atoms with van der Waals surface area (Å²) in [5.74, 6) is 0. The van der Waals surface area contributed by atoms with Gasteiger partial charge >= 0.3 is 0 Å². The van der Waals surface area contributed by atoms with Crippen LogP contribution >= 0.6 is 0 Å². The highest BCUT2D eigenvalue weighted by Crippen LogP contribution is 2.23. The lowest BCUT2D eigenvalue weighted by atomic mass is 10.2. The van der Waals surface area contributed by atoms with E-state index < -0.39 is 10.0 Å². The number of hydrogen-bond acceptors (Lipinski definition) is 5. The van der Waals surface area contributed by atoms with Crippen molar-refractivity contribution in [1.82, 2.24) is 14.5 Å². The van der Waals surface area contributed by atoms with Crippen molar-refractivity contribution in [3.05, 3.63) is 36.2 Å². The van der Waals surface area contributed by atoms with Gasteiger partial charge in [0.15, 0.2) is 0 Å². The van der Waals surface area contributed by atoms with E-state index >= 15 is 0 Å². The fourth-order valence-corrected chi connectivity index (χ4v) is 2.90. The summed E-state index contributed by atoms with van der Waals surface area (Å²) in [4.78, 5) is 0.149. The highest BCUT2D eigenvalue weighted by Gasteiger charge is 2.16. The summed E-state index contributed by atoms with van der Waals surface area (Å²) in [6, 6.07) is 4.78. The zero-order valence-electron chi connectivity index (χ0n) is 12.0. The van der Waals surface area contributed by atoms with E-state index in [9.17, 15) is 8.42 Å². The minimum absolute atomic E-state index is 0.149. The van der Waals surface area contributed by atoms with Crippen LogP contribution in [0.15, 0.2) is 35.5 Å². The lowest BCUT2D eigenvalue weighted by Crippen LogP contribution is -2.21. The Morgan fingerprint density at radius 3 is 2.76 bits per heavy atom. The van der Waals surface area contributed by atoms with E-state index in [1.807, 2.05) is 13.2 Å². The quantitative estimate of drug-likeness (QED) is 0.677. The van der Waals surface area contributed by atoms with Gasteiger partial charge < -0.3 is 11.1 Å². The molecule has 0 radical (unpaired) electrons. The average molecular weight is 309 g/mol. The van der Waals surface area contributed by atoms with E-state index in [4.69, 9.17) is 5.73 Å². The number of sulfonamides is 1. The molecule has 0 unspecified atom stereocenters. The molecule has 0 bridgehead atoms. The molecule has 0 saturated heterocycles. The minimum atomic E-state index is -3.55. The van der Waals surface area contributed by atoms with E-state index in [1.165, 1.54) is 13.1 Å². The van der Waals surface area contributed by atoms with Crippen LogP contribution in [0.2, 0.25) is 0 Å². The highest BCUT2D eigenvalue weighted by molar-refractivity contribution is 7.89. The number of nitrogens with zero attached hydrogens (tertiary/aromatic N) is 2. The van der Waals surface area contributed by atoms with Crippen LogP contribution < -0.4 is 15.8 Å². The molecule has 1 heterocycles. The maximum absolute atomic E-state index is 12.0. The van der Waals surface area contributed by atoms with E-state index in [2.05, 4.69) is 15.1 Å². The molecular formula is C13H19N5O2S. The molecule has 0 aliphatic heterocycles. The summed E-state index contributed by atoms with van der Waals surface area (Å²) in [6.45, 7) is 0.599. The molecule has 7 nitrogen and oxygen atoms in total. The summed E-state index contributed by atoms with van der Waals surface area (Å²) < 4.78 is 28.0. The monoisotopic (exact) mass is 309 g/mol. The summed E-state index contributed by atoms with van der Waals surface area (Å²) in [5, 5.41) is 7.22. The normalized spacial score (nSPS) is 11.5. The summed E-state index contributed by atoms with van der Waals surface area (Å²) in [7, 11) is -0.323. The number of nitrogen functional groups attached to an aromatic ring is 1. The molecule has 21 heavy (non-hydrogen) atoms. The van der Waals surface area contributed by atoms with E-state index in [0.29, 0.717) is 17.9 Å². The molecular weight excluding hydrogens is 290 g/mol. The molecule has 1 aromatic heterocycles. The first kappa shape index (κ1) is 15.3. The fraction of sp³-hybridized carbons (Fsp3) is 0.308. The first-order valence-corrected chi connectivity index (χ1v) is 7.95. The topological polar surface area (TPSA) is 102 Å². The zero-order chi connectivity index (χ0) is 15.5. The number of hydrogen-bond donors (Lipinski definition) is 3. The third kappa shape index (κ3) is 3.73. The largest absolute Gasteiger partial charge is 0.399 e. The Bertz CT molecular complexity index is 724. The smallest absolute Gasteiger partial charge is 0.242 e. The number of nitrogens with two attached hydrogens (primary N) is 1. The Morgan fingerprint density at radius 1 is 1.38 bits per heavy atom. The Labute approximate surface area is 124 Å². The average Bonchev–Trinajstić information content (AvgIpc) is 2.86. The van der Waals surface area contributed by atoms with Gasteiger partial charge in [-0.1, -0.05) is 0 Å². The van der Waals surface area contributed by atoms with Crippen molar-refractivity contribution in [3.63, 3.8) is 0 Å². The van der Waals surface area contributed by atoms with E-state index in [0.717, 1.165) is 12.0 Å². The molecule has 0 aliphatic carbocycles. The van der Waals surface area contributed by atoms with E-state index in [-0.39, 0.29) is 4.90 Å². The fourth-order valence-electron chi connectivity index (χ4n) is 1.96. The molecule has 0 amide bonds. The van der Waals surface area contributed by atoms with Gasteiger partial charge in [-0.2, -0.15) is 5.10 Å². The van der Waals surface area contributed by atoms with Crippen molar-refractivity contribution in [2.45, 2.75) is 11.3 Å². The van der Waals surface area contributed by atoms with Crippen LogP contribution in [0.3, 0.4) is 0 Å². The van der Waals surface area contributed by atoms with Gasteiger partial charge in [0.1, 0.15) is 4.90 Å². The minimum Gasteiger partial charge on any atom is -0.399 e. The zero-order valence-corrected chi connectivity index (χ0v) is 12.8. The van der Waals surface area contributed by atoms with Crippen LogP contribution in [0.1, 0.15) is 5.56 Å². The van der Waals surface area contributed by atoms with Crippen LogP contribution in [-0.2, 0) is 23.5 Å². The van der Waals surface area contributed by atoms with Crippen molar-refractivity contribution in [3.8, 4) is 0 Å². The van der Waals surface area contributed by atoms with Gasteiger partial charge in [-0.15, -0.1) is 0 Å². The van der Waals surface area contributed by atoms with Crippen molar-refractivity contribution in [2.75, 3.05) is 24.6 Å².